The van der Waals surface area contributed by atoms with Crippen molar-refractivity contribution in [3.63, 3.8) is 0 Å². The number of rotatable bonds is 5. The van der Waals surface area contributed by atoms with Crippen molar-refractivity contribution < 1.29 is 9.53 Å². The average molecular weight is 354 g/mol. The summed E-state index contributed by atoms with van der Waals surface area (Å²) >= 11 is 0. The molecule has 0 aromatic carbocycles. The van der Waals surface area contributed by atoms with Gasteiger partial charge in [0, 0.05) is 45.1 Å². The van der Waals surface area contributed by atoms with Gasteiger partial charge in [-0.15, -0.1) is 0 Å². The van der Waals surface area contributed by atoms with Crippen molar-refractivity contribution in [3.05, 3.63) is 42.1 Å². The second-order valence-corrected chi connectivity index (χ2v) is 6.54. The summed E-state index contributed by atoms with van der Waals surface area (Å²) in [5.41, 5.74) is 3.07. The topological polar surface area (TPSA) is 86.9 Å². The van der Waals surface area contributed by atoms with Crippen LogP contribution in [0.4, 0.5) is 0 Å². The molecule has 2 atom stereocenters. The largest absolute Gasteiger partial charge is 0.372 e. The van der Waals surface area contributed by atoms with Gasteiger partial charge in [0.15, 0.2) is 5.65 Å². The molecule has 136 valence electrons. The number of nitrogens with zero attached hydrogens (tertiary/aromatic N) is 5. The van der Waals surface area contributed by atoms with E-state index in [9.17, 15) is 4.79 Å². The van der Waals surface area contributed by atoms with Gasteiger partial charge >= 0.3 is 0 Å². The molecule has 8 heteroatoms. The average Bonchev–Trinajstić information content (AvgIpc) is 3.38. The van der Waals surface area contributed by atoms with Crippen LogP contribution in [-0.4, -0.2) is 43.4 Å². The first-order valence-corrected chi connectivity index (χ1v) is 8.86. The molecule has 1 N–H and O–H groups in total. The van der Waals surface area contributed by atoms with Crippen LogP contribution in [-0.2, 0) is 18.3 Å². The number of aromatic nitrogens is 5. The molecular weight excluding hydrogens is 332 g/mol. The number of amides is 1. The Morgan fingerprint density at radius 3 is 3.15 bits per heavy atom. The molecule has 0 unspecified atom stereocenters. The molecule has 0 aliphatic carbocycles. The number of ether oxygens (including phenoxy) is 1. The van der Waals surface area contributed by atoms with Gasteiger partial charge in [0.2, 0.25) is 0 Å². The summed E-state index contributed by atoms with van der Waals surface area (Å²) in [5, 5.41) is 7.34. The molecule has 26 heavy (non-hydrogen) atoms. The molecule has 1 aliphatic heterocycles. The van der Waals surface area contributed by atoms with Crippen LogP contribution in [0.1, 0.15) is 35.5 Å². The van der Waals surface area contributed by atoms with E-state index in [1.807, 2.05) is 22.4 Å². The van der Waals surface area contributed by atoms with Gasteiger partial charge in [0.05, 0.1) is 17.6 Å². The summed E-state index contributed by atoms with van der Waals surface area (Å²) in [4.78, 5) is 21.1. The van der Waals surface area contributed by atoms with Crippen molar-refractivity contribution in [1.29, 1.82) is 0 Å². The van der Waals surface area contributed by atoms with Gasteiger partial charge in [-0.3, -0.25) is 9.48 Å². The highest BCUT2D eigenvalue weighted by Crippen LogP contribution is 2.34. The maximum absolute atomic E-state index is 12.5. The van der Waals surface area contributed by atoms with E-state index in [0.717, 1.165) is 24.3 Å². The summed E-state index contributed by atoms with van der Waals surface area (Å²) in [5.74, 6) is 0.0900. The maximum Gasteiger partial charge on any atom is 0.252 e. The SMILES string of the molecule is CCn1nccc1[C@@H]1OCC[C@H]1CNC(=O)c1cnc2c(c1)ncn2C. The van der Waals surface area contributed by atoms with Crippen molar-refractivity contribution in [2.24, 2.45) is 13.0 Å². The molecule has 1 amide bonds. The second kappa shape index (κ2) is 6.87. The van der Waals surface area contributed by atoms with E-state index in [-0.39, 0.29) is 17.9 Å². The van der Waals surface area contributed by atoms with Gasteiger partial charge in [-0.2, -0.15) is 5.10 Å². The molecule has 4 rings (SSSR count). The minimum Gasteiger partial charge on any atom is -0.372 e. The zero-order valence-corrected chi connectivity index (χ0v) is 14.9. The van der Waals surface area contributed by atoms with E-state index in [0.29, 0.717) is 24.2 Å². The molecule has 1 fully saturated rings. The number of fused-ring (bicyclic) bond motifs is 1. The Morgan fingerprint density at radius 2 is 2.31 bits per heavy atom. The van der Waals surface area contributed by atoms with Crippen molar-refractivity contribution in [2.75, 3.05) is 13.2 Å². The van der Waals surface area contributed by atoms with Crippen molar-refractivity contribution in [2.45, 2.75) is 26.0 Å². The Morgan fingerprint density at radius 1 is 1.42 bits per heavy atom. The fourth-order valence-corrected chi connectivity index (χ4v) is 3.48. The molecule has 3 aromatic heterocycles. The summed E-state index contributed by atoms with van der Waals surface area (Å²) in [6.07, 6.45) is 5.96. The van der Waals surface area contributed by atoms with Crippen molar-refractivity contribution >= 4 is 17.1 Å². The van der Waals surface area contributed by atoms with E-state index in [1.165, 1.54) is 0 Å². The number of hydrogen-bond donors (Lipinski definition) is 1. The number of hydrogen-bond acceptors (Lipinski definition) is 5. The van der Waals surface area contributed by atoms with Crippen LogP contribution in [0.2, 0.25) is 0 Å². The Bertz CT molecular complexity index is 931. The number of nitrogens with one attached hydrogen (secondary N) is 1. The number of pyridine rings is 1. The molecule has 1 saturated heterocycles. The van der Waals surface area contributed by atoms with Gasteiger partial charge in [-0.05, 0) is 25.5 Å². The molecule has 8 nitrogen and oxygen atoms in total. The molecule has 0 spiro atoms. The Hall–Kier alpha value is -2.74. The third kappa shape index (κ3) is 2.96. The monoisotopic (exact) mass is 354 g/mol. The van der Waals surface area contributed by atoms with Gasteiger partial charge in [-0.1, -0.05) is 0 Å². The van der Waals surface area contributed by atoms with E-state index in [1.54, 1.807) is 24.8 Å². The predicted octanol–water partition coefficient (Wildman–Crippen LogP) is 1.69. The Kier molecular flexibility index (Phi) is 4.42. The van der Waals surface area contributed by atoms with Crippen molar-refractivity contribution in [3.8, 4) is 0 Å². The highest BCUT2D eigenvalue weighted by atomic mass is 16.5. The molecular formula is C18H22N6O2. The van der Waals surface area contributed by atoms with Gasteiger partial charge in [0.1, 0.15) is 11.6 Å². The van der Waals surface area contributed by atoms with Crippen LogP contribution in [0.3, 0.4) is 0 Å². The van der Waals surface area contributed by atoms with E-state index in [2.05, 4.69) is 27.3 Å². The van der Waals surface area contributed by atoms with Crippen LogP contribution in [0, 0.1) is 5.92 Å². The zero-order valence-electron chi connectivity index (χ0n) is 14.9. The summed E-state index contributed by atoms with van der Waals surface area (Å²) in [6.45, 7) is 4.11. The molecule has 0 bridgehead atoms. The molecule has 0 saturated carbocycles. The summed E-state index contributed by atoms with van der Waals surface area (Å²) < 4.78 is 9.69. The van der Waals surface area contributed by atoms with Crippen LogP contribution < -0.4 is 5.32 Å². The molecule has 0 radical (unpaired) electrons. The van der Waals surface area contributed by atoms with E-state index in [4.69, 9.17) is 4.74 Å². The Labute approximate surface area is 151 Å². The molecule has 4 heterocycles. The van der Waals surface area contributed by atoms with Crippen molar-refractivity contribution in [1.82, 2.24) is 29.6 Å². The third-order valence-electron chi connectivity index (χ3n) is 4.89. The summed E-state index contributed by atoms with van der Waals surface area (Å²) in [6, 6.07) is 3.76. The van der Waals surface area contributed by atoms with E-state index < -0.39 is 0 Å². The fourth-order valence-electron chi connectivity index (χ4n) is 3.48. The smallest absolute Gasteiger partial charge is 0.252 e. The lowest BCUT2D eigenvalue weighted by molar-refractivity contribution is 0.0795. The van der Waals surface area contributed by atoms with Crippen LogP contribution >= 0.6 is 0 Å². The van der Waals surface area contributed by atoms with Crippen LogP contribution in [0.15, 0.2) is 30.9 Å². The number of carbonyl (C=O) groups excluding carboxylic acids is 1. The van der Waals surface area contributed by atoms with E-state index >= 15 is 0 Å². The van der Waals surface area contributed by atoms with Gasteiger partial charge < -0.3 is 14.6 Å². The lowest BCUT2D eigenvalue weighted by Gasteiger charge is -2.20. The molecule has 1 aliphatic rings. The van der Waals surface area contributed by atoms with Crippen LogP contribution in [0.25, 0.3) is 11.2 Å². The minimum atomic E-state index is -0.139. The first-order valence-electron chi connectivity index (χ1n) is 8.86. The first-order chi connectivity index (χ1) is 12.7. The zero-order chi connectivity index (χ0) is 18.1. The normalized spacial score (nSPS) is 19.9. The maximum atomic E-state index is 12.5. The second-order valence-electron chi connectivity index (χ2n) is 6.54. The lowest BCUT2D eigenvalue weighted by Crippen LogP contribution is -2.31. The Balaban J connectivity index is 1.44. The third-order valence-corrected chi connectivity index (χ3v) is 4.89. The minimum absolute atomic E-state index is 0.0332. The quantitative estimate of drug-likeness (QED) is 0.753. The summed E-state index contributed by atoms with van der Waals surface area (Å²) in [7, 11) is 1.88. The predicted molar refractivity (Wildman–Crippen MR) is 95.5 cm³/mol. The number of carbonyl (C=O) groups is 1. The van der Waals surface area contributed by atoms with Gasteiger partial charge in [0.25, 0.3) is 5.91 Å². The lowest BCUT2D eigenvalue weighted by atomic mass is 9.98. The van der Waals surface area contributed by atoms with Crippen LogP contribution in [0.5, 0.6) is 0 Å². The fraction of sp³-hybridized carbons (Fsp3) is 0.444. The number of aryl methyl sites for hydroxylation is 2. The van der Waals surface area contributed by atoms with Gasteiger partial charge in [-0.25, -0.2) is 9.97 Å². The highest BCUT2D eigenvalue weighted by molar-refractivity contribution is 5.96. The first kappa shape index (κ1) is 16.7. The number of imidazole rings is 1. The highest BCUT2D eigenvalue weighted by Gasteiger charge is 2.32. The molecule has 3 aromatic rings. The standard InChI is InChI=1S/C18H22N6O2/c1-3-24-15(4-6-22-24)16-12(5-7-26-16)9-20-18(25)13-8-14-17(19-10-13)23(2)11-21-14/h4,6,8,10-12,16H,3,5,7,9H2,1-2H3,(H,20,25)/t12-,16+/m0/s1.